The van der Waals surface area contributed by atoms with Crippen molar-refractivity contribution >= 4 is 0 Å². The van der Waals surface area contributed by atoms with E-state index in [2.05, 4.69) is 54.8 Å². The summed E-state index contributed by atoms with van der Waals surface area (Å²) in [6.45, 7) is 19.4. The van der Waals surface area contributed by atoms with Crippen LogP contribution >= 0.6 is 0 Å². The molecule has 0 aromatic carbocycles. The van der Waals surface area contributed by atoms with Gasteiger partial charge in [0.25, 0.3) is 0 Å². The summed E-state index contributed by atoms with van der Waals surface area (Å²) in [5.41, 5.74) is 0. The second kappa shape index (κ2) is 41.5. The fourth-order valence-corrected chi connectivity index (χ4v) is 6.68. The highest BCUT2D eigenvalue weighted by Crippen LogP contribution is 2.16. The average molecular weight is 746 g/mol. The van der Waals surface area contributed by atoms with Crippen LogP contribution in [0.15, 0.2) is 22.8 Å². The van der Waals surface area contributed by atoms with Gasteiger partial charge in [-0.3, -0.25) is 0 Å². The van der Waals surface area contributed by atoms with Gasteiger partial charge in [-0.15, -0.1) is 0 Å². The van der Waals surface area contributed by atoms with Crippen LogP contribution in [0.25, 0.3) is 0 Å². The highest BCUT2D eigenvalue weighted by molar-refractivity contribution is 4.96. The van der Waals surface area contributed by atoms with Gasteiger partial charge in [0.2, 0.25) is 0 Å². The highest BCUT2D eigenvalue weighted by atomic mass is 35.5. The molecule has 48 heavy (non-hydrogen) atoms. The minimum atomic E-state index is 0. The molecule has 7 heteroatoms. The molecule has 4 nitrogen and oxygen atoms in total. The summed E-state index contributed by atoms with van der Waals surface area (Å²) in [5, 5.41) is 0. The molecule has 0 fully saturated rings. The molecule has 0 saturated heterocycles. The zero-order valence-electron chi connectivity index (χ0n) is 33.9. The first kappa shape index (κ1) is 57.4. The Morgan fingerprint density at radius 2 is 0.792 bits per heavy atom. The van der Waals surface area contributed by atoms with Crippen molar-refractivity contribution < 1.29 is 50.6 Å². The molecule has 0 aliphatic heterocycles. The Bertz CT molecular complexity index is 684. The third kappa shape index (κ3) is 35.8. The molecule has 0 aliphatic carbocycles. The summed E-state index contributed by atoms with van der Waals surface area (Å²) >= 11 is 0. The van der Waals surface area contributed by atoms with Gasteiger partial charge < -0.3 is 56.8 Å². The molecule has 0 radical (unpaired) electrons. The molecule has 4 N–H and O–H groups in total. The lowest BCUT2D eigenvalue weighted by Crippen LogP contribution is -3.00. The van der Waals surface area contributed by atoms with E-state index in [1.807, 2.05) is 6.07 Å². The Morgan fingerprint density at radius 3 is 1.12 bits per heavy atom. The minimum absolute atomic E-state index is 0. The van der Waals surface area contributed by atoms with E-state index >= 15 is 0 Å². The van der Waals surface area contributed by atoms with E-state index in [9.17, 15) is 0 Å². The van der Waals surface area contributed by atoms with E-state index in [1.165, 1.54) is 191 Å². The normalized spacial score (nSPS) is 11.0. The molecule has 1 heterocycles. The van der Waals surface area contributed by atoms with Gasteiger partial charge in [0.15, 0.2) is 5.76 Å². The number of hydrogen-bond acceptors (Lipinski definition) is 1. The van der Waals surface area contributed by atoms with Gasteiger partial charge in [0.05, 0.1) is 53.1 Å². The first-order valence-corrected chi connectivity index (χ1v) is 20.1. The monoisotopic (exact) mass is 744 g/mol. The van der Waals surface area contributed by atoms with Crippen molar-refractivity contribution in [3.05, 3.63) is 24.2 Å². The number of hydrogen-bond donors (Lipinski definition) is 1. The number of nitrogens with zero attached hydrogens (tertiary/aromatic N) is 2. The molecule has 0 spiro atoms. The standard InChI is InChI=1S/C21H40NO.C20H44N.3ClH.H3N/c1-4-5-6-7-8-9-10-11-12-13-14-15-18-22(2,3)20-21-17-16-19-23-21;1-5-9-11-12-13-14-15-16-17-18-20-21(7-3,8-4)19-10-6-2;;;;/h16-17,19H,4-15,18,20H2,1-3H3;5-20H2,1-4H3;3*1H;1H3/q2*+1;;;;/p-2. The molecule has 1 rings (SSSR count). The van der Waals surface area contributed by atoms with Crippen molar-refractivity contribution in [3.8, 4) is 0 Å². The Morgan fingerprint density at radius 1 is 0.458 bits per heavy atom. The van der Waals surface area contributed by atoms with Gasteiger partial charge in [-0.05, 0) is 58.1 Å². The zero-order valence-corrected chi connectivity index (χ0v) is 36.1. The third-order valence-corrected chi connectivity index (χ3v) is 10.1. The fraction of sp³-hybridized carbons (Fsp3) is 0.902. The molecule has 0 aliphatic rings. The van der Waals surface area contributed by atoms with Crippen molar-refractivity contribution in [2.45, 2.75) is 195 Å². The van der Waals surface area contributed by atoms with Gasteiger partial charge in [0, 0.05) is 0 Å². The van der Waals surface area contributed by atoms with Gasteiger partial charge in [-0.2, -0.15) is 0 Å². The number of furan rings is 1. The predicted molar refractivity (Wildman–Crippen MR) is 204 cm³/mol. The average Bonchev–Trinajstić information content (AvgIpc) is 3.53. The molecule has 1 aromatic rings. The maximum atomic E-state index is 5.47. The van der Waals surface area contributed by atoms with Crippen LogP contribution in [-0.2, 0) is 6.54 Å². The summed E-state index contributed by atoms with van der Waals surface area (Å²) in [4.78, 5) is 0. The van der Waals surface area contributed by atoms with E-state index in [1.54, 1.807) is 6.26 Å². The molecule has 1 aromatic heterocycles. The van der Waals surface area contributed by atoms with Crippen LogP contribution in [0.5, 0.6) is 0 Å². The van der Waals surface area contributed by atoms with E-state index in [0.717, 1.165) is 16.8 Å². The van der Waals surface area contributed by atoms with Crippen LogP contribution in [0.4, 0.5) is 0 Å². The van der Waals surface area contributed by atoms with Crippen LogP contribution < -0.4 is 43.4 Å². The Labute approximate surface area is 321 Å². The van der Waals surface area contributed by atoms with Crippen molar-refractivity contribution in [2.75, 3.05) is 46.8 Å². The van der Waals surface area contributed by atoms with Crippen molar-refractivity contribution in [1.82, 2.24) is 6.15 Å². The Kier molecular flexibility index (Phi) is 49.5. The molecule has 0 unspecified atom stereocenters. The summed E-state index contributed by atoms with van der Waals surface area (Å²) < 4.78 is 7.87. The van der Waals surface area contributed by atoms with Crippen molar-refractivity contribution in [1.29, 1.82) is 0 Å². The van der Waals surface area contributed by atoms with Gasteiger partial charge in [0.1, 0.15) is 6.54 Å². The quantitative estimate of drug-likeness (QED) is 0.0884. The SMILES string of the molecule is CCCCCCCCCCCCCC[N+](C)(C)Cc1ccco1.CCCCCCCCCCCC[N+](CC)(CC)CCCC.[Cl-].[Cl-].[Cl-].[NH4+]. The maximum Gasteiger partial charge on any atom is 0.158 e. The summed E-state index contributed by atoms with van der Waals surface area (Å²) in [5.74, 6) is 1.11. The Hall–Kier alpha value is 0.0300. The third-order valence-electron chi connectivity index (χ3n) is 10.1. The summed E-state index contributed by atoms with van der Waals surface area (Å²) in [6.07, 6.45) is 36.1. The second-order valence-corrected chi connectivity index (χ2v) is 14.7. The van der Waals surface area contributed by atoms with E-state index in [0.29, 0.717) is 0 Å². The predicted octanol–water partition coefficient (Wildman–Crippen LogP) is 4.51. The summed E-state index contributed by atoms with van der Waals surface area (Å²) in [7, 11) is 4.61. The molecule has 0 amide bonds. The van der Waals surface area contributed by atoms with Gasteiger partial charge in [-0.25, -0.2) is 0 Å². The van der Waals surface area contributed by atoms with Crippen LogP contribution in [0.2, 0.25) is 0 Å². The first-order valence-electron chi connectivity index (χ1n) is 20.1. The topological polar surface area (TPSA) is 49.6 Å². The van der Waals surface area contributed by atoms with Crippen LogP contribution in [-0.4, -0.2) is 55.8 Å². The van der Waals surface area contributed by atoms with E-state index in [-0.39, 0.29) is 43.4 Å². The molecule has 0 saturated carbocycles. The van der Waals surface area contributed by atoms with Crippen LogP contribution in [0.3, 0.4) is 0 Å². The largest absolute Gasteiger partial charge is 1.00 e. The fourth-order valence-electron chi connectivity index (χ4n) is 6.68. The number of unbranched alkanes of at least 4 members (excludes halogenated alkanes) is 21. The van der Waals surface area contributed by atoms with Crippen molar-refractivity contribution in [2.24, 2.45) is 0 Å². The van der Waals surface area contributed by atoms with E-state index < -0.39 is 0 Å². The minimum Gasteiger partial charge on any atom is -1.00 e. The van der Waals surface area contributed by atoms with Crippen LogP contribution in [0, 0.1) is 0 Å². The first-order chi connectivity index (χ1) is 21.4. The van der Waals surface area contributed by atoms with Crippen LogP contribution in [0.1, 0.15) is 194 Å². The van der Waals surface area contributed by atoms with Gasteiger partial charge in [-0.1, -0.05) is 143 Å². The number of halogens is 3. The molecule has 0 bridgehead atoms. The molecular formula is C41H88Cl3N3O. The second-order valence-electron chi connectivity index (χ2n) is 14.7. The lowest BCUT2D eigenvalue weighted by molar-refractivity contribution is -0.925. The number of quaternary nitrogens is 3. The lowest BCUT2D eigenvalue weighted by Gasteiger charge is -2.37. The van der Waals surface area contributed by atoms with Crippen molar-refractivity contribution in [3.63, 3.8) is 0 Å². The molecule has 0 atom stereocenters. The lowest BCUT2D eigenvalue weighted by atomic mass is 10.1. The maximum absolute atomic E-state index is 5.47. The summed E-state index contributed by atoms with van der Waals surface area (Å²) in [6, 6.07) is 4.07. The molecule has 294 valence electrons. The smallest absolute Gasteiger partial charge is 0.158 e. The zero-order chi connectivity index (χ0) is 32.6. The highest BCUT2D eigenvalue weighted by Gasteiger charge is 2.21. The molecular weight excluding hydrogens is 657 g/mol. The number of rotatable bonds is 31. The van der Waals surface area contributed by atoms with E-state index in [4.69, 9.17) is 4.42 Å². The Balaban J connectivity index is -0.000000238. The van der Waals surface area contributed by atoms with Gasteiger partial charge >= 0.3 is 0 Å².